The van der Waals surface area contributed by atoms with Crippen molar-refractivity contribution in [3.63, 3.8) is 0 Å². The Balaban J connectivity index is 1.20. The molecule has 4 rings (SSSR count). The molecule has 0 bridgehead atoms. The second-order valence-electron chi connectivity index (χ2n) is 8.65. The Hall–Kier alpha value is -2.96. The van der Waals surface area contributed by atoms with E-state index >= 15 is 0 Å². The van der Waals surface area contributed by atoms with E-state index in [9.17, 15) is 9.59 Å². The van der Waals surface area contributed by atoms with Gasteiger partial charge in [0.1, 0.15) is 0 Å². The quantitative estimate of drug-likeness (QED) is 0.743. The maximum Gasteiger partial charge on any atom is 0.231 e. The number of carbonyl (C=O) groups excluding carboxylic acids is 2. The molecule has 2 amide bonds. The standard InChI is InChI=1S/C24H31N5O2/c1-2-4-23(30)28-13-10-19(11-14-28)15-18-6-8-21(9-7-18)26-24(31)20-16-29(17-20)22-5-3-12-25-27-22/h3,5-9,12,19-20H,2,4,10-11,13-17H2,1H3,(H,26,31). The number of nitrogens with one attached hydrogen (secondary N) is 1. The molecule has 0 unspecified atom stereocenters. The Kier molecular flexibility index (Phi) is 6.79. The van der Waals surface area contributed by atoms with Crippen LogP contribution in [-0.4, -0.2) is 53.1 Å². The molecule has 7 nitrogen and oxygen atoms in total. The van der Waals surface area contributed by atoms with Crippen molar-refractivity contribution in [3.05, 3.63) is 48.2 Å². The van der Waals surface area contributed by atoms with Crippen molar-refractivity contribution in [3.8, 4) is 0 Å². The molecular formula is C24H31N5O2. The summed E-state index contributed by atoms with van der Waals surface area (Å²) in [6.07, 6.45) is 6.39. The molecular weight excluding hydrogens is 390 g/mol. The number of aromatic nitrogens is 2. The van der Waals surface area contributed by atoms with Crippen LogP contribution in [0.2, 0.25) is 0 Å². The molecule has 1 aromatic carbocycles. The number of hydrogen-bond donors (Lipinski definition) is 1. The number of piperidine rings is 1. The molecule has 164 valence electrons. The number of benzene rings is 1. The van der Waals surface area contributed by atoms with Crippen molar-refractivity contribution in [1.82, 2.24) is 15.1 Å². The largest absolute Gasteiger partial charge is 0.353 e. The van der Waals surface area contributed by atoms with Gasteiger partial charge in [-0.15, -0.1) is 5.10 Å². The first-order valence-corrected chi connectivity index (χ1v) is 11.3. The lowest BCUT2D eigenvalue weighted by molar-refractivity contribution is -0.132. The minimum absolute atomic E-state index is 0.0257. The molecule has 0 saturated carbocycles. The third-order valence-corrected chi connectivity index (χ3v) is 6.31. The van der Waals surface area contributed by atoms with Crippen LogP contribution in [0.1, 0.15) is 38.2 Å². The van der Waals surface area contributed by atoms with E-state index < -0.39 is 0 Å². The van der Waals surface area contributed by atoms with Crippen molar-refractivity contribution in [2.75, 3.05) is 36.4 Å². The van der Waals surface area contributed by atoms with Gasteiger partial charge in [0.15, 0.2) is 5.82 Å². The number of carbonyl (C=O) groups is 2. The summed E-state index contributed by atoms with van der Waals surface area (Å²) in [7, 11) is 0. The number of rotatable bonds is 7. The summed E-state index contributed by atoms with van der Waals surface area (Å²) in [5, 5.41) is 11.0. The van der Waals surface area contributed by atoms with Crippen LogP contribution in [0.5, 0.6) is 0 Å². The van der Waals surface area contributed by atoms with Crippen molar-refractivity contribution >= 4 is 23.3 Å². The fraction of sp³-hybridized carbons (Fsp3) is 0.500. The highest BCUT2D eigenvalue weighted by molar-refractivity contribution is 5.94. The molecule has 0 aliphatic carbocycles. The lowest BCUT2D eigenvalue weighted by Crippen LogP contribution is -2.52. The van der Waals surface area contributed by atoms with Crippen molar-refractivity contribution in [2.24, 2.45) is 11.8 Å². The molecule has 3 heterocycles. The summed E-state index contributed by atoms with van der Waals surface area (Å²) in [6.45, 7) is 5.15. The highest BCUT2D eigenvalue weighted by Gasteiger charge is 2.33. The third kappa shape index (κ3) is 5.40. The smallest absolute Gasteiger partial charge is 0.231 e. The average molecular weight is 422 g/mol. The lowest BCUT2D eigenvalue weighted by atomic mass is 9.90. The molecule has 31 heavy (non-hydrogen) atoms. The third-order valence-electron chi connectivity index (χ3n) is 6.31. The van der Waals surface area contributed by atoms with E-state index in [0.717, 1.165) is 50.3 Å². The van der Waals surface area contributed by atoms with E-state index in [0.29, 0.717) is 31.3 Å². The van der Waals surface area contributed by atoms with Crippen molar-refractivity contribution in [2.45, 2.75) is 39.0 Å². The molecule has 2 fully saturated rings. The van der Waals surface area contributed by atoms with E-state index in [1.54, 1.807) is 6.20 Å². The molecule has 0 spiro atoms. The van der Waals surface area contributed by atoms with Crippen LogP contribution >= 0.6 is 0 Å². The summed E-state index contributed by atoms with van der Waals surface area (Å²) in [5.41, 5.74) is 2.13. The second-order valence-corrected chi connectivity index (χ2v) is 8.65. The zero-order valence-corrected chi connectivity index (χ0v) is 18.2. The molecule has 0 atom stereocenters. The van der Waals surface area contributed by atoms with E-state index in [-0.39, 0.29) is 11.8 Å². The molecule has 2 aromatic rings. The monoisotopic (exact) mass is 421 g/mol. The van der Waals surface area contributed by atoms with E-state index in [1.165, 1.54) is 5.56 Å². The predicted molar refractivity (Wildman–Crippen MR) is 121 cm³/mol. The van der Waals surface area contributed by atoms with Crippen LogP contribution < -0.4 is 10.2 Å². The zero-order chi connectivity index (χ0) is 21.6. The summed E-state index contributed by atoms with van der Waals surface area (Å²) in [5.74, 6) is 1.76. The Morgan fingerprint density at radius 3 is 2.48 bits per heavy atom. The second kappa shape index (κ2) is 9.90. The van der Waals surface area contributed by atoms with Crippen LogP contribution in [0.25, 0.3) is 0 Å². The molecule has 2 aliphatic rings. The fourth-order valence-corrected chi connectivity index (χ4v) is 4.35. The fourth-order valence-electron chi connectivity index (χ4n) is 4.35. The van der Waals surface area contributed by atoms with E-state index in [2.05, 4.69) is 39.5 Å². The number of hydrogen-bond acceptors (Lipinski definition) is 5. The molecule has 1 aromatic heterocycles. The SMILES string of the molecule is CCCC(=O)N1CCC(Cc2ccc(NC(=O)C3CN(c4cccnn4)C3)cc2)CC1. The zero-order valence-electron chi connectivity index (χ0n) is 18.2. The first-order chi connectivity index (χ1) is 15.1. The lowest BCUT2D eigenvalue weighted by Gasteiger charge is -2.38. The molecule has 2 saturated heterocycles. The molecule has 2 aliphatic heterocycles. The summed E-state index contributed by atoms with van der Waals surface area (Å²) >= 11 is 0. The Morgan fingerprint density at radius 1 is 1.10 bits per heavy atom. The molecule has 0 radical (unpaired) electrons. The summed E-state index contributed by atoms with van der Waals surface area (Å²) in [4.78, 5) is 28.6. The van der Waals surface area contributed by atoms with Gasteiger partial charge >= 0.3 is 0 Å². The highest BCUT2D eigenvalue weighted by atomic mass is 16.2. The van der Waals surface area contributed by atoms with Gasteiger partial charge < -0.3 is 15.1 Å². The Labute approximate surface area is 183 Å². The normalized spacial score (nSPS) is 17.3. The van der Waals surface area contributed by atoms with Crippen molar-refractivity contribution < 1.29 is 9.59 Å². The number of nitrogens with zero attached hydrogens (tertiary/aromatic N) is 4. The van der Waals surface area contributed by atoms with Gasteiger partial charge in [-0.2, -0.15) is 5.10 Å². The Morgan fingerprint density at radius 2 is 1.84 bits per heavy atom. The first-order valence-electron chi connectivity index (χ1n) is 11.3. The van der Waals surface area contributed by atoms with Gasteiger partial charge in [0.05, 0.1) is 5.92 Å². The minimum atomic E-state index is -0.0257. The predicted octanol–water partition coefficient (Wildman–Crippen LogP) is 3.13. The van der Waals surface area contributed by atoms with Crippen molar-refractivity contribution in [1.29, 1.82) is 0 Å². The van der Waals surface area contributed by atoms with Crippen LogP contribution in [0.3, 0.4) is 0 Å². The number of amides is 2. The van der Waals surface area contributed by atoms with Gasteiger partial charge in [0.2, 0.25) is 11.8 Å². The highest BCUT2D eigenvalue weighted by Crippen LogP contribution is 2.25. The van der Waals surface area contributed by atoms with Crippen LogP contribution in [-0.2, 0) is 16.0 Å². The average Bonchev–Trinajstić information content (AvgIpc) is 2.75. The van der Waals surface area contributed by atoms with Gasteiger partial charge in [0, 0.05) is 44.5 Å². The number of likely N-dealkylation sites (tertiary alicyclic amines) is 1. The first kappa shape index (κ1) is 21.3. The van der Waals surface area contributed by atoms with Crippen LogP contribution in [0.15, 0.2) is 42.6 Å². The summed E-state index contributed by atoms with van der Waals surface area (Å²) < 4.78 is 0. The van der Waals surface area contributed by atoms with Crippen LogP contribution in [0, 0.1) is 11.8 Å². The van der Waals surface area contributed by atoms with E-state index in [1.807, 2.05) is 29.2 Å². The van der Waals surface area contributed by atoms with Gasteiger partial charge in [-0.25, -0.2) is 0 Å². The van der Waals surface area contributed by atoms with E-state index in [4.69, 9.17) is 0 Å². The molecule has 1 N–H and O–H groups in total. The Bertz CT molecular complexity index is 873. The topological polar surface area (TPSA) is 78.4 Å². The van der Waals surface area contributed by atoms with Gasteiger partial charge in [0.25, 0.3) is 0 Å². The van der Waals surface area contributed by atoms with Gasteiger partial charge in [-0.1, -0.05) is 19.1 Å². The van der Waals surface area contributed by atoms with Gasteiger partial charge in [-0.05, 0) is 61.4 Å². The molecule has 7 heteroatoms. The van der Waals surface area contributed by atoms with Crippen LogP contribution in [0.4, 0.5) is 11.5 Å². The maximum absolute atomic E-state index is 12.5. The number of anilines is 2. The minimum Gasteiger partial charge on any atom is -0.353 e. The summed E-state index contributed by atoms with van der Waals surface area (Å²) in [6, 6.07) is 12.0. The maximum atomic E-state index is 12.5. The van der Waals surface area contributed by atoms with Gasteiger partial charge in [-0.3, -0.25) is 9.59 Å².